The van der Waals surface area contributed by atoms with Gasteiger partial charge < -0.3 is 0 Å². The van der Waals surface area contributed by atoms with E-state index in [1.165, 1.54) is 21.8 Å². The summed E-state index contributed by atoms with van der Waals surface area (Å²) in [7, 11) is 0. The Morgan fingerprint density at radius 2 is 1.00 bits per heavy atom. The van der Waals surface area contributed by atoms with E-state index in [4.69, 9.17) is 0 Å². The van der Waals surface area contributed by atoms with Crippen LogP contribution in [0, 0.1) is 0 Å². The zero-order valence-electron chi connectivity index (χ0n) is 9.60. The van der Waals surface area contributed by atoms with Gasteiger partial charge in [0.2, 0.25) is 0 Å². The number of benzene rings is 2. The first-order chi connectivity index (χ1) is 7.45. The Kier molecular flexibility index (Phi) is 7.11. The van der Waals surface area contributed by atoms with Crippen molar-refractivity contribution in [3.8, 4) is 0 Å². The molecule has 0 aliphatic rings. The second-order valence-electron chi connectivity index (χ2n) is 3.46. The van der Waals surface area contributed by atoms with Crippen molar-refractivity contribution in [1.82, 2.24) is 0 Å². The molecule has 0 radical (unpaired) electrons. The quantitative estimate of drug-likeness (QED) is 0.698. The standard InChI is InChI=1S/C14H14Se.Na/c1-3-7-13(8-4-1)11-15-12-14-9-5-2-6-10-14;/h1-10H,11-12H2;/q;+1. The van der Waals surface area contributed by atoms with E-state index in [-0.39, 0.29) is 29.6 Å². The summed E-state index contributed by atoms with van der Waals surface area (Å²) >= 11 is 0.683. The average molecular weight is 284 g/mol. The Balaban J connectivity index is 0.00000128. The van der Waals surface area contributed by atoms with Gasteiger partial charge in [0, 0.05) is 0 Å². The fourth-order valence-corrected chi connectivity index (χ4v) is 3.45. The molecule has 0 amide bonds. The number of hydrogen-bond acceptors (Lipinski definition) is 0. The number of hydrogen-bond donors (Lipinski definition) is 0. The Bertz CT molecular complexity index is 346. The predicted octanol–water partition coefficient (Wildman–Crippen LogP) is 0.0950. The Labute approximate surface area is 126 Å². The normalized spacial score (nSPS) is 9.50. The van der Waals surface area contributed by atoms with Crippen LogP contribution < -0.4 is 29.6 Å². The summed E-state index contributed by atoms with van der Waals surface area (Å²) in [5, 5.41) is 2.48. The van der Waals surface area contributed by atoms with E-state index in [1.54, 1.807) is 0 Å². The van der Waals surface area contributed by atoms with E-state index in [0.717, 1.165) is 0 Å². The van der Waals surface area contributed by atoms with Crippen molar-refractivity contribution in [2.24, 2.45) is 0 Å². The zero-order valence-corrected chi connectivity index (χ0v) is 13.3. The van der Waals surface area contributed by atoms with Crippen molar-refractivity contribution in [1.29, 1.82) is 0 Å². The molecule has 0 saturated heterocycles. The average Bonchev–Trinajstić information content (AvgIpc) is 2.32. The fraction of sp³-hybridized carbons (Fsp3) is 0.143. The van der Waals surface area contributed by atoms with Crippen LogP contribution in [0.4, 0.5) is 0 Å². The first kappa shape index (κ1) is 14.0. The summed E-state index contributed by atoms with van der Waals surface area (Å²) in [6.07, 6.45) is 0. The summed E-state index contributed by atoms with van der Waals surface area (Å²) < 4.78 is 0. The minimum absolute atomic E-state index is 0. The van der Waals surface area contributed by atoms with Crippen molar-refractivity contribution >= 4 is 15.0 Å². The van der Waals surface area contributed by atoms with Gasteiger partial charge in [-0.1, -0.05) is 0 Å². The van der Waals surface area contributed by atoms with Gasteiger partial charge in [0.05, 0.1) is 0 Å². The first-order valence-corrected chi connectivity index (χ1v) is 7.53. The molecule has 0 aliphatic heterocycles. The van der Waals surface area contributed by atoms with Gasteiger partial charge >= 0.3 is 127 Å². The van der Waals surface area contributed by atoms with Crippen LogP contribution in [-0.2, 0) is 10.6 Å². The first-order valence-electron chi connectivity index (χ1n) is 5.11. The van der Waals surface area contributed by atoms with Gasteiger partial charge in [-0.25, -0.2) is 0 Å². The SMILES string of the molecule is [Na+].c1ccc(C[Se]Cc2ccccc2)cc1. The van der Waals surface area contributed by atoms with Crippen LogP contribution in [0.5, 0.6) is 0 Å². The van der Waals surface area contributed by atoms with Crippen LogP contribution in [0.25, 0.3) is 0 Å². The van der Waals surface area contributed by atoms with Crippen LogP contribution in [-0.4, -0.2) is 15.0 Å². The molecule has 0 spiro atoms. The van der Waals surface area contributed by atoms with Gasteiger partial charge in [0.25, 0.3) is 0 Å². The third-order valence-corrected chi connectivity index (χ3v) is 4.48. The van der Waals surface area contributed by atoms with Crippen LogP contribution in [0.1, 0.15) is 11.1 Å². The summed E-state index contributed by atoms with van der Waals surface area (Å²) in [6, 6.07) is 21.5. The van der Waals surface area contributed by atoms with Crippen molar-refractivity contribution in [3.63, 3.8) is 0 Å². The molecular formula is C14H14NaSe+. The predicted molar refractivity (Wildman–Crippen MR) is 66.0 cm³/mol. The Morgan fingerprint density at radius 1 is 0.625 bits per heavy atom. The van der Waals surface area contributed by atoms with Crippen LogP contribution in [0.2, 0.25) is 0 Å². The molecule has 0 unspecified atom stereocenters. The third-order valence-electron chi connectivity index (χ3n) is 2.22. The molecule has 0 atom stereocenters. The van der Waals surface area contributed by atoms with Crippen molar-refractivity contribution in [2.75, 3.05) is 0 Å². The molecule has 0 aromatic heterocycles. The molecule has 2 aromatic rings. The molecule has 0 aliphatic carbocycles. The van der Waals surface area contributed by atoms with E-state index in [9.17, 15) is 0 Å². The van der Waals surface area contributed by atoms with Gasteiger partial charge in [0.1, 0.15) is 0 Å². The van der Waals surface area contributed by atoms with Gasteiger partial charge in [-0.2, -0.15) is 0 Å². The summed E-state index contributed by atoms with van der Waals surface area (Å²) in [4.78, 5) is 0. The van der Waals surface area contributed by atoms with Gasteiger partial charge in [-0.05, 0) is 0 Å². The second kappa shape index (κ2) is 8.11. The Hall–Kier alpha value is -0.0405. The van der Waals surface area contributed by atoms with Crippen molar-refractivity contribution < 1.29 is 29.6 Å². The molecule has 2 aromatic carbocycles. The second-order valence-corrected chi connectivity index (χ2v) is 5.53. The molecule has 0 nitrogen and oxygen atoms in total. The molecule has 2 rings (SSSR count). The maximum atomic E-state index is 2.22. The molecule has 0 N–H and O–H groups in total. The molecule has 0 saturated carbocycles. The van der Waals surface area contributed by atoms with Crippen LogP contribution in [0.3, 0.4) is 0 Å². The summed E-state index contributed by atoms with van der Waals surface area (Å²) in [6.45, 7) is 0. The van der Waals surface area contributed by atoms with Crippen LogP contribution in [0.15, 0.2) is 60.7 Å². The molecular weight excluding hydrogens is 270 g/mol. The van der Waals surface area contributed by atoms with E-state index in [0.29, 0.717) is 15.0 Å². The maximum absolute atomic E-state index is 2.22. The monoisotopic (exact) mass is 285 g/mol. The van der Waals surface area contributed by atoms with E-state index in [2.05, 4.69) is 60.7 Å². The molecule has 0 heterocycles. The molecule has 76 valence electrons. The van der Waals surface area contributed by atoms with E-state index in [1.807, 2.05) is 0 Å². The molecule has 0 bridgehead atoms. The van der Waals surface area contributed by atoms with Crippen molar-refractivity contribution in [2.45, 2.75) is 10.6 Å². The van der Waals surface area contributed by atoms with E-state index >= 15 is 0 Å². The van der Waals surface area contributed by atoms with Gasteiger partial charge in [-0.15, -0.1) is 0 Å². The van der Waals surface area contributed by atoms with E-state index < -0.39 is 0 Å². The zero-order chi connectivity index (χ0) is 10.3. The Morgan fingerprint density at radius 3 is 1.38 bits per heavy atom. The minimum atomic E-state index is 0. The number of rotatable bonds is 4. The van der Waals surface area contributed by atoms with Crippen LogP contribution >= 0.6 is 0 Å². The fourth-order valence-electron chi connectivity index (χ4n) is 1.44. The van der Waals surface area contributed by atoms with Gasteiger partial charge in [0.15, 0.2) is 0 Å². The summed E-state index contributed by atoms with van der Waals surface area (Å²) in [5.41, 5.74) is 2.93. The molecule has 0 fully saturated rings. The van der Waals surface area contributed by atoms with Crippen molar-refractivity contribution in [3.05, 3.63) is 71.8 Å². The molecule has 16 heavy (non-hydrogen) atoms. The van der Waals surface area contributed by atoms with Gasteiger partial charge in [-0.3, -0.25) is 0 Å². The topological polar surface area (TPSA) is 0 Å². The molecule has 2 heteroatoms. The summed E-state index contributed by atoms with van der Waals surface area (Å²) in [5.74, 6) is 0. The third kappa shape index (κ3) is 4.86.